The van der Waals surface area contributed by atoms with Crippen LogP contribution >= 0.6 is 35.6 Å². The molecule has 0 spiro atoms. The van der Waals surface area contributed by atoms with E-state index in [1.807, 2.05) is 19.2 Å². The van der Waals surface area contributed by atoms with Gasteiger partial charge in [0.2, 0.25) is 0 Å². The number of hydrogen-bond donors (Lipinski definition) is 2. The average Bonchev–Trinajstić information content (AvgIpc) is 2.43. The van der Waals surface area contributed by atoms with Crippen molar-refractivity contribution in [2.75, 3.05) is 7.05 Å². The summed E-state index contributed by atoms with van der Waals surface area (Å²) >= 11 is 12.1. The Morgan fingerprint density at radius 2 is 1.80 bits per heavy atom. The zero-order valence-corrected chi connectivity index (χ0v) is 13.7. The van der Waals surface area contributed by atoms with Crippen molar-refractivity contribution in [3.05, 3.63) is 33.8 Å². The molecule has 0 aromatic heterocycles. The lowest BCUT2D eigenvalue weighted by atomic mass is 9.57. The number of benzene rings is 1. The normalized spacial score (nSPS) is 35.7. The second kappa shape index (κ2) is 6.02. The van der Waals surface area contributed by atoms with E-state index in [4.69, 9.17) is 23.2 Å². The maximum Gasteiger partial charge on any atom is 0.108 e. The highest BCUT2D eigenvalue weighted by molar-refractivity contribution is 6.42. The molecule has 2 nitrogen and oxygen atoms in total. The van der Waals surface area contributed by atoms with E-state index in [1.54, 1.807) is 6.07 Å². The molecule has 3 aliphatic rings. The summed E-state index contributed by atoms with van der Waals surface area (Å²) in [6.07, 6.45) is 4.61. The SMILES string of the molecule is CNC1C2CCC(CC2)C1(O)c1ccc(Cl)c(Cl)c1.Cl. The fourth-order valence-corrected chi connectivity index (χ4v) is 4.42. The molecule has 3 saturated carbocycles. The fourth-order valence-electron chi connectivity index (χ4n) is 4.12. The lowest BCUT2D eigenvalue weighted by Crippen LogP contribution is -2.61. The molecule has 4 rings (SSSR count). The fraction of sp³-hybridized carbons (Fsp3) is 0.600. The molecular weight excluding hydrogens is 317 g/mol. The van der Waals surface area contributed by atoms with Gasteiger partial charge in [-0.25, -0.2) is 0 Å². The zero-order valence-electron chi connectivity index (χ0n) is 11.4. The summed E-state index contributed by atoms with van der Waals surface area (Å²) in [6, 6.07) is 5.64. The number of nitrogens with one attached hydrogen (secondary N) is 1. The smallest absolute Gasteiger partial charge is 0.108 e. The van der Waals surface area contributed by atoms with Crippen LogP contribution in [0.15, 0.2) is 18.2 Å². The predicted molar refractivity (Wildman–Crippen MR) is 85.9 cm³/mol. The van der Waals surface area contributed by atoms with Gasteiger partial charge in [0.15, 0.2) is 0 Å². The van der Waals surface area contributed by atoms with Gasteiger partial charge < -0.3 is 10.4 Å². The van der Waals surface area contributed by atoms with Crippen molar-refractivity contribution >= 4 is 35.6 Å². The Kier molecular flexibility index (Phi) is 4.93. The number of halogens is 3. The lowest BCUT2D eigenvalue weighted by molar-refractivity contribution is -0.130. The van der Waals surface area contributed by atoms with Crippen LogP contribution < -0.4 is 5.32 Å². The molecule has 0 heterocycles. The summed E-state index contributed by atoms with van der Waals surface area (Å²) in [4.78, 5) is 0. The van der Waals surface area contributed by atoms with Gasteiger partial charge in [-0.2, -0.15) is 0 Å². The first-order valence-electron chi connectivity index (χ1n) is 6.92. The van der Waals surface area contributed by atoms with E-state index in [0.717, 1.165) is 18.4 Å². The summed E-state index contributed by atoms with van der Waals surface area (Å²) in [5.74, 6) is 0.863. The van der Waals surface area contributed by atoms with Gasteiger partial charge in [0.05, 0.1) is 10.0 Å². The molecule has 2 unspecified atom stereocenters. The molecule has 3 aliphatic carbocycles. The quantitative estimate of drug-likeness (QED) is 0.855. The summed E-state index contributed by atoms with van der Waals surface area (Å²) in [5, 5.41) is 15.7. The topological polar surface area (TPSA) is 32.3 Å². The number of aliphatic hydroxyl groups is 1. The van der Waals surface area contributed by atoms with Crippen molar-refractivity contribution in [2.45, 2.75) is 37.3 Å². The van der Waals surface area contributed by atoms with Crippen LogP contribution in [0.3, 0.4) is 0 Å². The standard InChI is InChI=1S/C15H19Cl2NO.ClH/c1-18-14-9-2-4-10(5-3-9)15(14,19)11-6-7-12(16)13(17)8-11;/h6-10,14,18-19H,2-5H2,1H3;1H. The Morgan fingerprint density at radius 1 is 1.15 bits per heavy atom. The molecule has 2 bridgehead atoms. The van der Waals surface area contributed by atoms with Crippen molar-refractivity contribution in [1.29, 1.82) is 0 Å². The van der Waals surface area contributed by atoms with Gasteiger partial charge in [-0.05, 0) is 62.3 Å². The predicted octanol–water partition coefficient (Wildman–Crippen LogP) is 4.01. The van der Waals surface area contributed by atoms with E-state index >= 15 is 0 Å². The van der Waals surface area contributed by atoms with E-state index in [2.05, 4.69) is 5.32 Å². The third kappa shape index (κ3) is 2.36. The molecular formula is C15H20Cl3NO. The molecule has 1 aromatic rings. The highest BCUT2D eigenvalue weighted by Crippen LogP contribution is 2.52. The molecule has 5 heteroatoms. The third-order valence-corrected chi connectivity index (χ3v) is 5.77. The van der Waals surface area contributed by atoms with Crippen LogP contribution in [0.1, 0.15) is 31.2 Å². The highest BCUT2D eigenvalue weighted by atomic mass is 35.5. The second-order valence-electron chi connectivity index (χ2n) is 5.83. The minimum atomic E-state index is -0.815. The zero-order chi connectivity index (χ0) is 13.6. The Balaban J connectivity index is 0.00000147. The van der Waals surface area contributed by atoms with Crippen LogP contribution in [0.5, 0.6) is 0 Å². The van der Waals surface area contributed by atoms with Crippen molar-refractivity contribution in [2.24, 2.45) is 11.8 Å². The van der Waals surface area contributed by atoms with Crippen molar-refractivity contribution in [1.82, 2.24) is 5.32 Å². The molecule has 0 saturated heterocycles. The number of fused-ring (bicyclic) bond motifs is 3. The van der Waals surface area contributed by atoms with E-state index in [-0.39, 0.29) is 18.4 Å². The highest BCUT2D eigenvalue weighted by Gasteiger charge is 2.54. The summed E-state index contributed by atoms with van der Waals surface area (Å²) in [5.41, 5.74) is 0.0834. The first-order valence-corrected chi connectivity index (χ1v) is 7.68. The third-order valence-electron chi connectivity index (χ3n) is 5.03. The van der Waals surface area contributed by atoms with Crippen LogP contribution in [-0.4, -0.2) is 18.2 Å². The van der Waals surface area contributed by atoms with Crippen LogP contribution in [0.25, 0.3) is 0 Å². The van der Waals surface area contributed by atoms with Crippen molar-refractivity contribution in [3.63, 3.8) is 0 Å². The minimum absolute atomic E-state index is 0. The van der Waals surface area contributed by atoms with E-state index < -0.39 is 5.60 Å². The molecule has 2 N–H and O–H groups in total. The Bertz CT molecular complexity index is 488. The van der Waals surface area contributed by atoms with Gasteiger partial charge in [0.25, 0.3) is 0 Å². The van der Waals surface area contributed by atoms with Gasteiger partial charge in [-0.3, -0.25) is 0 Å². The Hall–Kier alpha value is 0.01000. The molecule has 0 aliphatic heterocycles. The molecule has 0 radical (unpaired) electrons. The van der Waals surface area contributed by atoms with E-state index in [0.29, 0.717) is 21.9 Å². The number of rotatable bonds is 2. The number of hydrogen-bond acceptors (Lipinski definition) is 2. The molecule has 3 fully saturated rings. The van der Waals surface area contributed by atoms with Gasteiger partial charge >= 0.3 is 0 Å². The van der Waals surface area contributed by atoms with Crippen molar-refractivity contribution < 1.29 is 5.11 Å². The summed E-state index contributed by atoms with van der Waals surface area (Å²) in [7, 11) is 1.94. The molecule has 0 amide bonds. The van der Waals surface area contributed by atoms with Gasteiger partial charge in [0.1, 0.15) is 5.60 Å². The Morgan fingerprint density at radius 3 is 2.35 bits per heavy atom. The first kappa shape index (κ1) is 16.4. The van der Waals surface area contributed by atoms with Gasteiger partial charge in [-0.1, -0.05) is 29.3 Å². The monoisotopic (exact) mass is 335 g/mol. The molecule has 20 heavy (non-hydrogen) atoms. The number of likely N-dealkylation sites (N-methyl/N-ethyl adjacent to an activating group) is 1. The average molecular weight is 337 g/mol. The molecule has 1 aromatic carbocycles. The maximum absolute atomic E-state index is 11.3. The second-order valence-corrected chi connectivity index (χ2v) is 6.65. The van der Waals surface area contributed by atoms with Crippen LogP contribution in [-0.2, 0) is 5.60 Å². The van der Waals surface area contributed by atoms with Crippen molar-refractivity contribution in [3.8, 4) is 0 Å². The van der Waals surface area contributed by atoms with E-state index in [9.17, 15) is 5.11 Å². The summed E-state index contributed by atoms with van der Waals surface area (Å²) in [6.45, 7) is 0. The van der Waals surface area contributed by atoms with Crippen LogP contribution in [0.4, 0.5) is 0 Å². The van der Waals surface area contributed by atoms with Gasteiger partial charge in [0, 0.05) is 6.04 Å². The van der Waals surface area contributed by atoms with E-state index in [1.165, 1.54) is 12.8 Å². The molecule has 2 atom stereocenters. The van der Waals surface area contributed by atoms with Crippen LogP contribution in [0.2, 0.25) is 10.0 Å². The van der Waals surface area contributed by atoms with Crippen LogP contribution in [0, 0.1) is 11.8 Å². The lowest BCUT2D eigenvalue weighted by Gasteiger charge is -2.54. The maximum atomic E-state index is 11.3. The minimum Gasteiger partial charge on any atom is -0.383 e. The Labute approximate surface area is 136 Å². The largest absolute Gasteiger partial charge is 0.383 e. The first-order chi connectivity index (χ1) is 9.07. The molecule has 112 valence electrons. The van der Waals surface area contributed by atoms with Gasteiger partial charge in [-0.15, -0.1) is 12.4 Å². The summed E-state index contributed by atoms with van der Waals surface area (Å²) < 4.78 is 0.